The molecule has 0 spiro atoms. The minimum absolute atomic E-state index is 0.107. The molecule has 6 heteroatoms. The summed E-state index contributed by atoms with van der Waals surface area (Å²) in [5.74, 6) is 3.28. The van der Waals surface area contributed by atoms with E-state index in [0.717, 1.165) is 24.1 Å². The van der Waals surface area contributed by atoms with Crippen LogP contribution >= 0.6 is 0 Å². The highest BCUT2D eigenvalue weighted by molar-refractivity contribution is 5.70. The third-order valence-electron chi connectivity index (χ3n) is 7.08. The van der Waals surface area contributed by atoms with Crippen LogP contribution in [0, 0.1) is 17.8 Å². The van der Waals surface area contributed by atoms with E-state index in [4.69, 9.17) is 4.98 Å². The first kappa shape index (κ1) is 16.1. The summed E-state index contributed by atoms with van der Waals surface area (Å²) in [6, 6.07) is 0. The maximum absolute atomic E-state index is 12.9. The summed E-state index contributed by atoms with van der Waals surface area (Å²) >= 11 is 0. The molecule has 4 aliphatic rings. The van der Waals surface area contributed by atoms with Crippen molar-refractivity contribution in [1.29, 1.82) is 0 Å². The lowest BCUT2D eigenvalue weighted by Crippen LogP contribution is -2.39. The van der Waals surface area contributed by atoms with Crippen LogP contribution < -0.4 is 11.2 Å². The normalized spacial score (nSPS) is 32.0. The number of imidazole rings is 1. The summed E-state index contributed by atoms with van der Waals surface area (Å²) in [6.45, 7) is 6.51. The molecule has 2 aromatic heterocycles. The molecule has 4 fully saturated rings. The van der Waals surface area contributed by atoms with Crippen LogP contribution in [0.4, 0.5) is 0 Å². The van der Waals surface area contributed by atoms with Gasteiger partial charge in [-0.15, -0.1) is 6.58 Å². The molecule has 2 heterocycles. The average Bonchev–Trinajstić information content (AvgIpc) is 3.24. The molecule has 0 amide bonds. The zero-order valence-corrected chi connectivity index (χ0v) is 15.3. The van der Waals surface area contributed by atoms with Crippen LogP contribution in [-0.4, -0.2) is 19.1 Å². The first-order chi connectivity index (χ1) is 12.6. The molecule has 0 aliphatic heterocycles. The maximum atomic E-state index is 12.9. The number of nitrogens with zero attached hydrogens (tertiary/aromatic N) is 3. The van der Waals surface area contributed by atoms with Crippen molar-refractivity contribution in [3.8, 4) is 0 Å². The molecule has 2 atom stereocenters. The van der Waals surface area contributed by atoms with Gasteiger partial charge in [0.1, 0.15) is 11.3 Å². The van der Waals surface area contributed by atoms with Gasteiger partial charge in [0.2, 0.25) is 0 Å². The van der Waals surface area contributed by atoms with E-state index in [-0.39, 0.29) is 23.2 Å². The summed E-state index contributed by atoms with van der Waals surface area (Å²) in [5, 5.41) is 0. The summed E-state index contributed by atoms with van der Waals surface area (Å²) in [5.41, 5.74) is 0.575. The highest BCUT2D eigenvalue weighted by Gasteiger charge is 2.59. The Balaban J connectivity index is 1.74. The number of aryl methyl sites for hydroxylation is 1. The lowest BCUT2D eigenvalue weighted by Gasteiger charge is -2.30. The Kier molecular flexibility index (Phi) is 3.37. The predicted molar refractivity (Wildman–Crippen MR) is 100 cm³/mol. The van der Waals surface area contributed by atoms with Gasteiger partial charge in [-0.05, 0) is 56.3 Å². The number of fused-ring (bicyclic) bond motifs is 1. The minimum Gasteiger partial charge on any atom is -0.336 e. The molecule has 0 saturated heterocycles. The third kappa shape index (κ3) is 1.96. The molecule has 2 aromatic rings. The van der Waals surface area contributed by atoms with Crippen LogP contribution in [-0.2, 0) is 18.5 Å². The average molecular weight is 354 g/mol. The van der Waals surface area contributed by atoms with Crippen LogP contribution in [0.3, 0.4) is 0 Å². The highest BCUT2D eigenvalue weighted by Crippen LogP contribution is 2.65. The van der Waals surface area contributed by atoms with Crippen molar-refractivity contribution >= 4 is 11.2 Å². The van der Waals surface area contributed by atoms with Gasteiger partial charge in [0, 0.05) is 18.5 Å². The van der Waals surface area contributed by atoms with Crippen LogP contribution in [0.1, 0.15) is 51.3 Å². The van der Waals surface area contributed by atoms with E-state index in [2.05, 4.69) is 11.6 Å². The van der Waals surface area contributed by atoms with Crippen molar-refractivity contribution in [3.05, 3.63) is 39.3 Å². The molecule has 4 saturated carbocycles. The Labute approximate surface area is 151 Å². The second-order valence-corrected chi connectivity index (χ2v) is 8.62. The van der Waals surface area contributed by atoms with Crippen molar-refractivity contribution in [2.45, 2.75) is 64.0 Å². The van der Waals surface area contributed by atoms with Gasteiger partial charge < -0.3 is 4.98 Å². The van der Waals surface area contributed by atoms with Gasteiger partial charge in [-0.2, -0.15) is 0 Å². The molecule has 0 radical (unpaired) electrons. The quantitative estimate of drug-likeness (QED) is 0.839. The minimum atomic E-state index is -0.281. The summed E-state index contributed by atoms with van der Waals surface area (Å²) < 4.78 is 2.93. The van der Waals surface area contributed by atoms with Gasteiger partial charge in [-0.3, -0.25) is 13.9 Å². The lowest BCUT2D eigenvalue weighted by atomic mass is 9.75. The molecule has 6 nitrogen and oxygen atoms in total. The fourth-order valence-corrected chi connectivity index (χ4v) is 6.30. The molecule has 4 bridgehead atoms. The van der Waals surface area contributed by atoms with E-state index in [9.17, 15) is 9.59 Å². The number of rotatable bonds is 5. The molecular formula is C20H26N4O2. The lowest BCUT2D eigenvalue weighted by molar-refractivity contribution is 0.262. The van der Waals surface area contributed by atoms with E-state index < -0.39 is 0 Å². The van der Waals surface area contributed by atoms with Gasteiger partial charge in [0.25, 0.3) is 5.56 Å². The summed E-state index contributed by atoms with van der Waals surface area (Å²) in [6.07, 6.45) is 8.76. The second-order valence-electron chi connectivity index (χ2n) is 8.62. The number of hydrogen-bond acceptors (Lipinski definition) is 3. The first-order valence-electron chi connectivity index (χ1n) is 9.92. The second kappa shape index (κ2) is 5.44. The van der Waals surface area contributed by atoms with Gasteiger partial charge in [-0.25, -0.2) is 9.78 Å². The molecule has 4 aliphatic carbocycles. The molecule has 0 aromatic carbocycles. The van der Waals surface area contributed by atoms with E-state index in [1.807, 2.05) is 6.92 Å². The van der Waals surface area contributed by atoms with Crippen LogP contribution in [0.2, 0.25) is 0 Å². The number of hydrogen-bond donors (Lipinski definition) is 1. The zero-order chi connectivity index (χ0) is 18.1. The molecule has 6 rings (SSSR count). The van der Waals surface area contributed by atoms with Crippen molar-refractivity contribution < 1.29 is 0 Å². The Bertz CT molecular complexity index is 997. The van der Waals surface area contributed by atoms with Gasteiger partial charge in [0.05, 0.1) is 0 Å². The van der Waals surface area contributed by atoms with Crippen molar-refractivity contribution in [2.75, 3.05) is 0 Å². The van der Waals surface area contributed by atoms with E-state index >= 15 is 0 Å². The number of aromatic nitrogens is 4. The SMILES string of the molecule is C=CCn1c(=O)c2[nH]c(C34CC5CC(CC3C5)C4)nc2n(CCC)c1=O. The Morgan fingerprint density at radius 2 is 1.96 bits per heavy atom. The Morgan fingerprint density at radius 3 is 2.62 bits per heavy atom. The maximum Gasteiger partial charge on any atom is 0.333 e. The van der Waals surface area contributed by atoms with E-state index in [1.165, 1.54) is 36.7 Å². The number of nitrogens with one attached hydrogen (secondary N) is 1. The fourth-order valence-electron chi connectivity index (χ4n) is 6.30. The smallest absolute Gasteiger partial charge is 0.333 e. The molecule has 26 heavy (non-hydrogen) atoms. The third-order valence-corrected chi connectivity index (χ3v) is 7.08. The largest absolute Gasteiger partial charge is 0.336 e. The van der Waals surface area contributed by atoms with Gasteiger partial charge in [-0.1, -0.05) is 13.0 Å². The van der Waals surface area contributed by atoms with Crippen LogP contribution in [0.25, 0.3) is 11.2 Å². The molecule has 1 N–H and O–H groups in total. The number of aromatic amines is 1. The van der Waals surface area contributed by atoms with Crippen LogP contribution in [0.5, 0.6) is 0 Å². The number of allylic oxidation sites excluding steroid dienone is 1. The predicted octanol–water partition coefficient (Wildman–Crippen LogP) is 2.56. The zero-order valence-electron chi connectivity index (χ0n) is 15.3. The van der Waals surface area contributed by atoms with Gasteiger partial charge in [0.15, 0.2) is 5.65 Å². The Morgan fingerprint density at radius 1 is 1.23 bits per heavy atom. The first-order valence-corrected chi connectivity index (χ1v) is 9.92. The molecular weight excluding hydrogens is 328 g/mol. The topological polar surface area (TPSA) is 72.7 Å². The van der Waals surface area contributed by atoms with Crippen molar-refractivity contribution in [1.82, 2.24) is 19.1 Å². The Hall–Kier alpha value is -2.11. The molecule has 2 unspecified atom stereocenters. The monoisotopic (exact) mass is 354 g/mol. The van der Waals surface area contributed by atoms with E-state index in [0.29, 0.717) is 23.6 Å². The molecule has 138 valence electrons. The standard InChI is InChI=1S/C20H26N4O2/c1-3-5-23-16-15(17(25)24(6-4-2)19(23)26)21-18(22-16)20-10-12-7-13(11-20)9-14(20)8-12/h4,12-14H,2-3,5-11H2,1H3,(H,21,22). The number of H-pyrrole nitrogens is 1. The van der Waals surface area contributed by atoms with Crippen LogP contribution in [0.15, 0.2) is 22.2 Å². The summed E-state index contributed by atoms with van der Waals surface area (Å²) in [7, 11) is 0. The fraction of sp³-hybridized carbons (Fsp3) is 0.650. The van der Waals surface area contributed by atoms with Crippen molar-refractivity contribution in [3.63, 3.8) is 0 Å². The summed E-state index contributed by atoms with van der Waals surface area (Å²) in [4.78, 5) is 34.0. The van der Waals surface area contributed by atoms with E-state index in [1.54, 1.807) is 10.6 Å². The highest BCUT2D eigenvalue weighted by atomic mass is 16.2. The van der Waals surface area contributed by atoms with Gasteiger partial charge >= 0.3 is 5.69 Å². The van der Waals surface area contributed by atoms with Crippen molar-refractivity contribution in [2.24, 2.45) is 17.8 Å².